The van der Waals surface area contributed by atoms with Crippen molar-refractivity contribution >= 4 is 5.91 Å². The van der Waals surface area contributed by atoms with Gasteiger partial charge in [0.15, 0.2) is 0 Å². The number of amides is 1. The first-order chi connectivity index (χ1) is 10.6. The molecule has 0 spiro atoms. The highest BCUT2D eigenvalue weighted by atomic mass is 16.2. The molecule has 0 aliphatic heterocycles. The molecule has 1 saturated carbocycles. The highest BCUT2D eigenvalue weighted by molar-refractivity contribution is 5.78. The van der Waals surface area contributed by atoms with E-state index in [0.717, 1.165) is 12.8 Å². The summed E-state index contributed by atoms with van der Waals surface area (Å²) in [7, 11) is 1.97. The molecule has 1 atom stereocenters. The van der Waals surface area contributed by atoms with Crippen molar-refractivity contribution in [2.45, 2.75) is 58.0 Å². The molecule has 0 aromatic heterocycles. The Kier molecular flexibility index (Phi) is 6.44. The summed E-state index contributed by atoms with van der Waals surface area (Å²) in [5, 5.41) is 3.46. The molecular formula is C19H30N2O. The summed E-state index contributed by atoms with van der Waals surface area (Å²) in [6, 6.07) is 11.1. The lowest BCUT2D eigenvalue weighted by atomic mass is 9.94. The van der Waals surface area contributed by atoms with Crippen LogP contribution in [0, 0.1) is 5.92 Å². The van der Waals surface area contributed by atoms with Gasteiger partial charge in [-0.05, 0) is 24.3 Å². The summed E-state index contributed by atoms with van der Waals surface area (Å²) in [6.45, 7) is 4.81. The second kappa shape index (κ2) is 8.33. The van der Waals surface area contributed by atoms with Crippen LogP contribution in [-0.4, -0.2) is 30.4 Å². The quantitative estimate of drug-likeness (QED) is 0.867. The maximum absolute atomic E-state index is 12.5. The van der Waals surface area contributed by atoms with E-state index >= 15 is 0 Å². The minimum absolute atomic E-state index is 0.216. The summed E-state index contributed by atoms with van der Waals surface area (Å²) in [5.74, 6) is 0.670. The molecule has 1 aromatic carbocycles. The summed E-state index contributed by atoms with van der Waals surface area (Å²) in [4.78, 5) is 14.4. The lowest BCUT2D eigenvalue weighted by Crippen LogP contribution is -2.44. The number of likely N-dealkylation sites (N-methyl/N-ethyl adjacent to an activating group) is 1. The van der Waals surface area contributed by atoms with Crippen LogP contribution in [0.5, 0.6) is 0 Å². The molecule has 1 amide bonds. The van der Waals surface area contributed by atoms with Crippen molar-refractivity contribution in [1.82, 2.24) is 10.2 Å². The van der Waals surface area contributed by atoms with Gasteiger partial charge in [-0.15, -0.1) is 0 Å². The number of nitrogens with zero attached hydrogens (tertiary/aromatic N) is 1. The van der Waals surface area contributed by atoms with Crippen LogP contribution < -0.4 is 5.32 Å². The van der Waals surface area contributed by atoms with Crippen LogP contribution in [0.2, 0.25) is 0 Å². The fraction of sp³-hybridized carbons (Fsp3) is 0.632. The molecule has 1 aliphatic carbocycles. The van der Waals surface area contributed by atoms with Crippen LogP contribution in [0.25, 0.3) is 0 Å². The maximum atomic E-state index is 12.5. The summed E-state index contributed by atoms with van der Waals surface area (Å²) >= 11 is 0. The molecule has 0 bridgehead atoms. The SMILES string of the molecule is CC(C)C(NCC(=O)N(C)C1CCCCC1)c1ccccc1. The predicted molar refractivity (Wildman–Crippen MR) is 91.7 cm³/mol. The average molecular weight is 302 g/mol. The molecule has 2 rings (SSSR count). The van der Waals surface area contributed by atoms with Gasteiger partial charge in [0.05, 0.1) is 6.54 Å². The molecule has 1 unspecified atom stereocenters. The molecule has 122 valence electrons. The molecule has 22 heavy (non-hydrogen) atoms. The predicted octanol–water partition coefficient (Wildman–Crippen LogP) is 3.76. The number of carbonyl (C=O) groups excluding carboxylic acids is 1. The Hall–Kier alpha value is -1.35. The van der Waals surface area contributed by atoms with E-state index in [1.54, 1.807) is 0 Å². The van der Waals surface area contributed by atoms with Crippen LogP contribution in [-0.2, 0) is 4.79 Å². The zero-order valence-corrected chi connectivity index (χ0v) is 14.2. The Labute approximate surface area is 135 Å². The average Bonchev–Trinajstić information content (AvgIpc) is 2.55. The first-order valence-corrected chi connectivity index (χ1v) is 8.63. The molecule has 1 fully saturated rings. The van der Waals surface area contributed by atoms with Crippen molar-refractivity contribution in [3.63, 3.8) is 0 Å². The van der Waals surface area contributed by atoms with E-state index in [9.17, 15) is 4.79 Å². The smallest absolute Gasteiger partial charge is 0.236 e. The minimum atomic E-state index is 0.216. The minimum Gasteiger partial charge on any atom is -0.342 e. The second-order valence-corrected chi connectivity index (χ2v) is 6.81. The van der Waals surface area contributed by atoms with E-state index in [1.165, 1.54) is 24.8 Å². The fourth-order valence-corrected chi connectivity index (χ4v) is 3.39. The fourth-order valence-electron chi connectivity index (χ4n) is 3.39. The van der Waals surface area contributed by atoms with E-state index in [-0.39, 0.29) is 11.9 Å². The highest BCUT2D eigenvalue weighted by Gasteiger charge is 2.23. The molecule has 1 aromatic rings. The maximum Gasteiger partial charge on any atom is 0.236 e. The summed E-state index contributed by atoms with van der Waals surface area (Å²) in [6.07, 6.45) is 6.16. The van der Waals surface area contributed by atoms with Crippen molar-refractivity contribution in [3.8, 4) is 0 Å². The molecule has 0 heterocycles. The lowest BCUT2D eigenvalue weighted by molar-refractivity contribution is -0.131. The topological polar surface area (TPSA) is 32.3 Å². The van der Waals surface area contributed by atoms with Gasteiger partial charge < -0.3 is 10.2 Å². The normalized spacial score (nSPS) is 17.5. The Morgan fingerprint density at radius 2 is 1.82 bits per heavy atom. The first-order valence-electron chi connectivity index (χ1n) is 8.63. The number of nitrogens with one attached hydrogen (secondary N) is 1. The Bertz CT molecular complexity index is 452. The number of rotatable bonds is 6. The third-order valence-electron chi connectivity index (χ3n) is 4.81. The van der Waals surface area contributed by atoms with E-state index in [0.29, 0.717) is 18.5 Å². The van der Waals surface area contributed by atoms with Gasteiger partial charge >= 0.3 is 0 Å². The van der Waals surface area contributed by atoms with Gasteiger partial charge in [-0.3, -0.25) is 4.79 Å². The van der Waals surface area contributed by atoms with Crippen LogP contribution in [0.3, 0.4) is 0 Å². The van der Waals surface area contributed by atoms with Gasteiger partial charge in [-0.1, -0.05) is 63.4 Å². The first kappa shape index (κ1) is 17.0. The van der Waals surface area contributed by atoms with Gasteiger partial charge in [-0.2, -0.15) is 0 Å². The van der Waals surface area contributed by atoms with Crippen LogP contribution in [0.15, 0.2) is 30.3 Å². The molecule has 0 saturated heterocycles. The number of hydrogen-bond acceptors (Lipinski definition) is 2. The highest BCUT2D eigenvalue weighted by Crippen LogP contribution is 2.23. The van der Waals surface area contributed by atoms with Crippen molar-refractivity contribution in [2.24, 2.45) is 5.92 Å². The lowest BCUT2D eigenvalue weighted by Gasteiger charge is -2.32. The molecule has 1 N–H and O–H groups in total. The summed E-state index contributed by atoms with van der Waals surface area (Å²) in [5.41, 5.74) is 1.26. The van der Waals surface area contributed by atoms with Gasteiger partial charge in [0, 0.05) is 19.1 Å². The Morgan fingerprint density at radius 3 is 2.41 bits per heavy atom. The van der Waals surface area contributed by atoms with E-state index in [4.69, 9.17) is 0 Å². The van der Waals surface area contributed by atoms with Crippen molar-refractivity contribution in [3.05, 3.63) is 35.9 Å². The summed E-state index contributed by atoms with van der Waals surface area (Å²) < 4.78 is 0. The molecule has 0 radical (unpaired) electrons. The molecular weight excluding hydrogens is 272 g/mol. The molecule has 3 nitrogen and oxygen atoms in total. The van der Waals surface area contributed by atoms with Gasteiger partial charge in [0.2, 0.25) is 5.91 Å². The number of benzene rings is 1. The van der Waals surface area contributed by atoms with Crippen molar-refractivity contribution in [1.29, 1.82) is 0 Å². The van der Waals surface area contributed by atoms with E-state index in [1.807, 2.05) is 18.0 Å². The molecule has 1 aliphatic rings. The van der Waals surface area contributed by atoms with Crippen molar-refractivity contribution < 1.29 is 4.79 Å². The third kappa shape index (κ3) is 4.57. The monoisotopic (exact) mass is 302 g/mol. The largest absolute Gasteiger partial charge is 0.342 e. The van der Waals surface area contributed by atoms with Gasteiger partial charge in [0.25, 0.3) is 0 Å². The Balaban J connectivity index is 1.90. The van der Waals surface area contributed by atoms with Crippen LogP contribution in [0.1, 0.15) is 57.6 Å². The Morgan fingerprint density at radius 1 is 1.18 bits per heavy atom. The molecule has 3 heteroatoms. The van der Waals surface area contributed by atoms with Crippen LogP contribution in [0.4, 0.5) is 0 Å². The van der Waals surface area contributed by atoms with Gasteiger partial charge in [0.1, 0.15) is 0 Å². The third-order valence-corrected chi connectivity index (χ3v) is 4.81. The van der Waals surface area contributed by atoms with E-state index in [2.05, 4.69) is 43.4 Å². The van der Waals surface area contributed by atoms with E-state index < -0.39 is 0 Å². The van der Waals surface area contributed by atoms with Crippen molar-refractivity contribution in [2.75, 3.05) is 13.6 Å². The van der Waals surface area contributed by atoms with Crippen LogP contribution >= 0.6 is 0 Å². The zero-order chi connectivity index (χ0) is 15.9. The van der Waals surface area contributed by atoms with Gasteiger partial charge in [-0.25, -0.2) is 0 Å². The number of carbonyl (C=O) groups is 1. The second-order valence-electron chi connectivity index (χ2n) is 6.81. The number of hydrogen-bond donors (Lipinski definition) is 1. The zero-order valence-electron chi connectivity index (χ0n) is 14.2. The standard InChI is InChI=1S/C19H30N2O/c1-15(2)19(16-10-6-4-7-11-16)20-14-18(22)21(3)17-12-8-5-9-13-17/h4,6-7,10-11,15,17,19-20H,5,8-9,12-14H2,1-3H3.